The molecule has 0 fully saturated rings. The van der Waals surface area contributed by atoms with Crippen molar-refractivity contribution in [3.63, 3.8) is 0 Å². The molecule has 0 aromatic heterocycles. The smallest absolute Gasteiger partial charge is 0.178 e. The third-order valence-electron chi connectivity index (χ3n) is 3.42. The predicted octanol–water partition coefficient (Wildman–Crippen LogP) is 4.50. The minimum Gasteiger partial charge on any atom is -0.290 e. The van der Waals surface area contributed by atoms with Crippen LogP contribution >= 0.6 is 0 Å². The highest BCUT2D eigenvalue weighted by Gasteiger charge is 2.10. The monoisotopic (exact) mass is 252 g/mol. The first-order chi connectivity index (χ1) is 9.26. The van der Waals surface area contributed by atoms with Crippen molar-refractivity contribution in [1.82, 2.24) is 0 Å². The Balaban J connectivity index is 2.48. The number of rotatable bonds is 4. The maximum Gasteiger partial charge on any atom is 0.178 e. The molecule has 0 aliphatic heterocycles. The molecule has 0 unspecified atom stereocenters. The lowest BCUT2D eigenvalue weighted by atomic mass is 9.90. The Morgan fingerprint density at radius 1 is 1.00 bits per heavy atom. The molecule has 1 heteroatoms. The predicted molar refractivity (Wildman–Crippen MR) is 80.9 cm³/mol. The number of benzene rings is 1. The molecule has 1 aliphatic carbocycles. The number of ketones is 1. The van der Waals surface area contributed by atoms with Crippen molar-refractivity contribution < 1.29 is 4.79 Å². The molecular weight excluding hydrogens is 232 g/mol. The van der Waals surface area contributed by atoms with Gasteiger partial charge in [0, 0.05) is 0 Å². The van der Waals surface area contributed by atoms with E-state index in [1.807, 2.05) is 12.2 Å². The molecule has 0 amide bonds. The zero-order chi connectivity index (χ0) is 13.7. The fraction of sp³-hybridized carbons (Fsp3) is 0.278. The van der Waals surface area contributed by atoms with E-state index in [1.54, 1.807) is 12.2 Å². The summed E-state index contributed by atoms with van der Waals surface area (Å²) in [6.07, 6.45) is 10.4. The van der Waals surface area contributed by atoms with E-state index in [0.29, 0.717) is 0 Å². The molecule has 0 radical (unpaired) electrons. The lowest BCUT2D eigenvalue weighted by molar-refractivity contribution is -0.110. The van der Waals surface area contributed by atoms with Gasteiger partial charge in [0.1, 0.15) is 0 Å². The fourth-order valence-electron chi connectivity index (χ4n) is 2.51. The van der Waals surface area contributed by atoms with Crippen LogP contribution in [0.2, 0.25) is 0 Å². The lowest BCUT2D eigenvalue weighted by Gasteiger charge is -2.14. The molecule has 1 aromatic carbocycles. The zero-order valence-electron chi connectivity index (χ0n) is 11.6. The average molecular weight is 252 g/mol. The van der Waals surface area contributed by atoms with E-state index in [0.717, 1.165) is 24.8 Å². The highest BCUT2D eigenvalue weighted by molar-refractivity contribution is 6.02. The van der Waals surface area contributed by atoms with Gasteiger partial charge in [-0.2, -0.15) is 0 Å². The number of hydrogen-bond acceptors (Lipinski definition) is 1. The second kappa shape index (κ2) is 6.33. The van der Waals surface area contributed by atoms with Crippen molar-refractivity contribution in [3.8, 4) is 0 Å². The van der Waals surface area contributed by atoms with Gasteiger partial charge in [-0.15, -0.1) is 0 Å². The van der Waals surface area contributed by atoms with Crippen molar-refractivity contribution in [1.29, 1.82) is 0 Å². The van der Waals surface area contributed by atoms with Gasteiger partial charge < -0.3 is 0 Å². The highest BCUT2D eigenvalue weighted by atomic mass is 16.1. The summed E-state index contributed by atoms with van der Waals surface area (Å²) >= 11 is 0. The molecule has 98 valence electrons. The van der Waals surface area contributed by atoms with E-state index in [9.17, 15) is 4.79 Å². The van der Waals surface area contributed by atoms with Gasteiger partial charge in [-0.25, -0.2) is 0 Å². The molecule has 1 nitrogen and oxygen atoms in total. The van der Waals surface area contributed by atoms with Crippen molar-refractivity contribution in [3.05, 3.63) is 65.3 Å². The van der Waals surface area contributed by atoms with Crippen LogP contribution in [0.5, 0.6) is 0 Å². The largest absolute Gasteiger partial charge is 0.290 e. The number of aryl methyl sites for hydroxylation is 1. The SMILES string of the molecule is CCCc1ccccc1C(CC)=C1C=CC(=O)C=C1. The van der Waals surface area contributed by atoms with Gasteiger partial charge in [0.25, 0.3) is 0 Å². The lowest BCUT2D eigenvalue weighted by Crippen LogP contribution is -1.98. The summed E-state index contributed by atoms with van der Waals surface area (Å²) in [5.74, 6) is 0.0704. The van der Waals surface area contributed by atoms with Crippen LogP contribution in [0.1, 0.15) is 37.8 Å². The van der Waals surface area contributed by atoms with Crippen molar-refractivity contribution >= 4 is 11.4 Å². The summed E-state index contributed by atoms with van der Waals surface area (Å²) in [6, 6.07) is 8.58. The molecule has 0 bridgehead atoms. The summed E-state index contributed by atoms with van der Waals surface area (Å²) in [5, 5.41) is 0. The Morgan fingerprint density at radius 3 is 2.32 bits per heavy atom. The van der Waals surface area contributed by atoms with E-state index in [-0.39, 0.29) is 5.78 Å². The summed E-state index contributed by atoms with van der Waals surface area (Å²) < 4.78 is 0. The third-order valence-corrected chi connectivity index (χ3v) is 3.42. The maximum absolute atomic E-state index is 11.2. The molecule has 0 atom stereocenters. The normalized spacial score (nSPS) is 14.0. The van der Waals surface area contributed by atoms with Crippen LogP contribution < -0.4 is 0 Å². The molecule has 1 aliphatic rings. The van der Waals surface area contributed by atoms with Crippen LogP contribution in [-0.2, 0) is 11.2 Å². The second-order valence-electron chi connectivity index (χ2n) is 4.76. The van der Waals surface area contributed by atoms with Crippen molar-refractivity contribution in [2.24, 2.45) is 0 Å². The Labute approximate surface area is 115 Å². The molecule has 0 saturated heterocycles. The highest BCUT2D eigenvalue weighted by Crippen LogP contribution is 2.28. The quantitative estimate of drug-likeness (QED) is 0.771. The van der Waals surface area contributed by atoms with E-state index in [1.165, 1.54) is 16.7 Å². The minimum atomic E-state index is 0.0704. The van der Waals surface area contributed by atoms with Gasteiger partial charge in [0.05, 0.1) is 0 Å². The Hall–Kier alpha value is -1.89. The Bertz CT molecular complexity index is 541. The van der Waals surface area contributed by atoms with Crippen LogP contribution in [0, 0.1) is 0 Å². The Morgan fingerprint density at radius 2 is 1.68 bits per heavy atom. The van der Waals surface area contributed by atoms with Crippen LogP contribution in [0.3, 0.4) is 0 Å². The number of allylic oxidation sites excluding steroid dienone is 6. The first-order valence-electron chi connectivity index (χ1n) is 6.97. The first-order valence-corrected chi connectivity index (χ1v) is 6.97. The Kier molecular flexibility index (Phi) is 4.51. The van der Waals surface area contributed by atoms with Gasteiger partial charge >= 0.3 is 0 Å². The molecule has 0 saturated carbocycles. The minimum absolute atomic E-state index is 0.0704. The molecule has 2 rings (SSSR count). The van der Waals surface area contributed by atoms with Gasteiger partial charge in [0.15, 0.2) is 5.78 Å². The fourth-order valence-corrected chi connectivity index (χ4v) is 2.51. The first kappa shape index (κ1) is 13.5. The van der Waals surface area contributed by atoms with Gasteiger partial charge in [-0.05, 0) is 47.3 Å². The van der Waals surface area contributed by atoms with Gasteiger partial charge in [0.2, 0.25) is 0 Å². The second-order valence-corrected chi connectivity index (χ2v) is 4.76. The number of hydrogen-bond donors (Lipinski definition) is 0. The number of carbonyl (C=O) groups excluding carboxylic acids is 1. The molecule has 1 aromatic rings. The van der Waals surface area contributed by atoms with Crippen LogP contribution in [0.25, 0.3) is 5.57 Å². The van der Waals surface area contributed by atoms with Gasteiger partial charge in [-0.3, -0.25) is 4.79 Å². The summed E-state index contributed by atoms with van der Waals surface area (Å²) in [4.78, 5) is 11.2. The van der Waals surface area contributed by atoms with E-state index < -0.39 is 0 Å². The molecular formula is C18H20O. The maximum atomic E-state index is 11.2. The zero-order valence-corrected chi connectivity index (χ0v) is 11.6. The van der Waals surface area contributed by atoms with E-state index in [4.69, 9.17) is 0 Å². The molecule has 0 N–H and O–H groups in total. The molecule has 0 heterocycles. The van der Waals surface area contributed by atoms with Crippen LogP contribution in [0.4, 0.5) is 0 Å². The van der Waals surface area contributed by atoms with E-state index >= 15 is 0 Å². The molecule has 19 heavy (non-hydrogen) atoms. The number of carbonyl (C=O) groups is 1. The van der Waals surface area contributed by atoms with Crippen molar-refractivity contribution in [2.75, 3.05) is 0 Å². The van der Waals surface area contributed by atoms with Crippen LogP contribution in [-0.4, -0.2) is 5.78 Å². The molecule has 0 spiro atoms. The van der Waals surface area contributed by atoms with Gasteiger partial charge in [-0.1, -0.05) is 56.7 Å². The van der Waals surface area contributed by atoms with E-state index in [2.05, 4.69) is 38.1 Å². The summed E-state index contributed by atoms with van der Waals surface area (Å²) in [5.41, 5.74) is 5.20. The topological polar surface area (TPSA) is 17.1 Å². The van der Waals surface area contributed by atoms with Crippen molar-refractivity contribution in [2.45, 2.75) is 33.1 Å². The van der Waals surface area contributed by atoms with Crippen LogP contribution in [0.15, 0.2) is 54.1 Å². The summed E-state index contributed by atoms with van der Waals surface area (Å²) in [6.45, 7) is 4.37. The standard InChI is InChI=1S/C18H20O/c1-3-7-14-8-5-6-9-18(14)17(4-2)15-10-12-16(19)13-11-15/h5-6,8-13H,3-4,7H2,1-2H3. The third kappa shape index (κ3) is 3.11. The summed E-state index contributed by atoms with van der Waals surface area (Å²) in [7, 11) is 0. The average Bonchev–Trinajstić information content (AvgIpc) is 2.44.